The summed E-state index contributed by atoms with van der Waals surface area (Å²) in [5.41, 5.74) is 2.04. The number of benzene rings is 1. The Hall–Kier alpha value is -3.12. The van der Waals surface area contributed by atoms with Gasteiger partial charge in [-0.3, -0.25) is 14.6 Å². The number of furan rings is 1. The molecule has 0 radical (unpaired) electrons. The van der Waals surface area contributed by atoms with Crippen LogP contribution in [0, 0.1) is 6.92 Å². The molecule has 0 unspecified atom stereocenters. The van der Waals surface area contributed by atoms with Gasteiger partial charge in [0.1, 0.15) is 5.76 Å². The van der Waals surface area contributed by atoms with Crippen molar-refractivity contribution in [2.75, 3.05) is 5.32 Å². The number of nitrogens with zero attached hydrogens (tertiary/aromatic N) is 1. The minimum absolute atomic E-state index is 0.254. The summed E-state index contributed by atoms with van der Waals surface area (Å²) >= 11 is 6.06. The van der Waals surface area contributed by atoms with E-state index in [1.165, 1.54) is 24.7 Å². The molecular formula is C19H16ClN3O3. The molecule has 3 aromatic rings. The highest BCUT2D eigenvalue weighted by molar-refractivity contribution is 6.31. The van der Waals surface area contributed by atoms with Gasteiger partial charge in [-0.1, -0.05) is 17.7 Å². The Labute approximate surface area is 155 Å². The van der Waals surface area contributed by atoms with Gasteiger partial charge in [0.25, 0.3) is 11.8 Å². The van der Waals surface area contributed by atoms with Crippen LogP contribution in [0.3, 0.4) is 0 Å². The molecule has 0 bridgehead atoms. The number of aryl methyl sites for hydroxylation is 1. The van der Waals surface area contributed by atoms with Gasteiger partial charge in [0.05, 0.1) is 23.9 Å². The summed E-state index contributed by atoms with van der Waals surface area (Å²) in [6, 6.07) is 10.2. The van der Waals surface area contributed by atoms with E-state index in [1.54, 1.807) is 24.3 Å². The lowest BCUT2D eigenvalue weighted by Gasteiger charge is -2.08. The van der Waals surface area contributed by atoms with Gasteiger partial charge < -0.3 is 15.1 Å². The zero-order chi connectivity index (χ0) is 18.5. The fraction of sp³-hybridized carbons (Fsp3) is 0.105. The Bertz CT molecular complexity index is 939. The zero-order valence-electron chi connectivity index (χ0n) is 14.0. The maximum absolute atomic E-state index is 12.4. The van der Waals surface area contributed by atoms with Gasteiger partial charge in [0, 0.05) is 23.1 Å². The number of nitrogens with one attached hydrogen (secondary N) is 2. The van der Waals surface area contributed by atoms with E-state index in [9.17, 15) is 9.59 Å². The first-order valence-corrected chi connectivity index (χ1v) is 8.24. The summed E-state index contributed by atoms with van der Waals surface area (Å²) in [4.78, 5) is 28.6. The molecule has 0 aliphatic rings. The summed E-state index contributed by atoms with van der Waals surface area (Å²) < 4.78 is 5.16. The van der Waals surface area contributed by atoms with Gasteiger partial charge in [-0.25, -0.2) is 0 Å². The molecule has 0 aliphatic heterocycles. The van der Waals surface area contributed by atoms with Crippen LogP contribution in [0.2, 0.25) is 5.02 Å². The number of pyridine rings is 1. The molecule has 0 saturated carbocycles. The molecule has 6 nitrogen and oxygen atoms in total. The van der Waals surface area contributed by atoms with E-state index in [4.69, 9.17) is 16.0 Å². The molecule has 0 atom stereocenters. The van der Waals surface area contributed by atoms with Crippen molar-refractivity contribution in [2.45, 2.75) is 13.5 Å². The van der Waals surface area contributed by atoms with E-state index in [-0.39, 0.29) is 29.5 Å². The van der Waals surface area contributed by atoms with Crippen LogP contribution in [0.1, 0.15) is 32.0 Å². The van der Waals surface area contributed by atoms with Crippen molar-refractivity contribution in [2.24, 2.45) is 0 Å². The average Bonchev–Trinajstić information content (AvgIpc) is 3.16. The van der Waals surface area contributed by atoms with E-state index in [1.807, 2.05) is 13.0 Å². The third kappa shape index (κ3) is 4.29. The van der Waals surface area contributed by atoms with Crippen molar-refractivity contribution in [3.05, 3.63) is 82.5 Å². The van der Waals surface area contributed by atoms with Crippen LogP contribution >= 0.6 is 11.6 Å². The van der Waals surface area contributed by atoms with Gasteiger partial charge >= 0.3 is 0 Å². The predicted molar refractivity (Wildman–Crippen MR) is 98.3 cm³/mol. The number of carbonyl (C=O) groups excluding carboxylic acids is 2. The van der Waals surface area contributed by atoms with Crippen molar-refractivity contribution in [3.63, 3.8) is 0 Å². The minimum atomic E-state index is -0.377. The Kier molecular flexibility index (Phi) is 5.34. The second kappa shape index (κ2) is 7.84. The molecule has 132 valence electrons. The highest BCUT2D eigenvalue weighted by Crippen LogP contribution is 2.20. The molecule has 2 N–H and O–H groups in total. The lowest BCUT2D eigenvalue weighted by atomic mass is 10.1. The van der Waals surface area contributed by atoms with Crippen molar-refractivity contribution in [3.8, 4) is 0 Å². The molecule has 0 spiro atoms. The number of halogens is 1. The second-order valence-electron chi connectivity index (χ2n) is 5.64. The molecule has 7 heteroatoms. The number of hydrogen-bond donors (Lipinski definition) is 2. The largest absolute Gasteiger partial charge is 0.467 e. The van der Waals surface area contributed by atoms with Gasteiger partial charge in [-0.15, -0.1) is 0 Å². The number of carbonyl (C=O) groups is 2. The summed E-state index contributed by atoms with van der Waals surface area (Å²) in [5, 5.41) is 6.01. The molecule has 0 aliphatic carbocycles. The number of hydrogen-bond acceptors (Lipinski definition) is 4. The summed E-state index contributed by atoms with van der Waals surface area (Å²) in [6.07, 6.45) is 4.33. The summed E-state index contributed by atoms with van der Waals surface area (Å²) in [5.74, 6) is -0.0866. The fourth-order valence-corrected chi connectivity index (χ4v) is 2.43. The lowest BCUT2D eigenvalue weighted by molar-refractivity contribution is 0.0947. The number of amides is 2. The average molecular weight is 370 g/mol. The van der Waals surface area contributed by atoms with Crippen molar-refractivity contribution < 1.29 is 14.0 Å². The predicted octanol–water partition coefficient (Wildman–Crippen LogP) is 3.82. The highest BCUT2D eigenvalue weighted by atomic mass is 35.5. The fourth-order valence-electron chi connectivity index (χ4n) is 2.24. The van der Waals surface area contributed by atoms with Gasteiger partial charge in [-0.05, 0) is 42.8 Å². The van der Waals surface area contributed by atoms with Crippen LogP contribution < -0.4 is 10.6 Å². The Morgan fingerprint density at radius 2 is 1.88 bits per heavy atom. The number of rotatable bonds is 5. The van der Waals surface area contributed by atoms with Crippen molar-refractivity contribution >= 4 is 29.1 Å². The Morgan fingerprint density at radius 1 is 1.12 bits per heavy atom. The minimum Gasteiger partial charge on any atom is -0.467 e. The van der Waals surface area contributed by atoms with Gasteiger partial charge in [0.2, 0.25) is 0 Å². The first-order chi connectivity index (χ1) is 12.5. The standard InChI is InChI=1S/C19H16ClN3O3/c1-12-4-5-15(8-17(12)20)23-19(25)14-7-13(9-21-10-14)18(24)22-11-16-3-2-6-26-16/h2-10H,11H2,1H3,(H,22,24)(H,23,25). The molecule has 2 amide bonds. The van der Waals surface area contributed by atoms with Crippen LogP contribution in [-0.2, 0) is 6.54 Å². The van der Waals surface area contributed by atoms with Gasteiger partial charge in [-0.2, -0.15) is 0 Å². The summed E-state index contributed by atoms with van der Waals surface area (Å²) in [6.45, 7) is 2.13. The topological polar surface area (TPSA) is 84.2 Å². The number of aromatic nitrogens is 1. The quantitative estimate of drug-likeness (QED) is 0.716. The molecular weight excluding hydrogens is 354 g/mol. The van der Waals surface area contributed by atoms with E-state index >= 15 is 0 Å². The molecule has 26 heavy (non-hydrogen) atoms. The van der Waals surface area contributed by atoms with Crippen molar-refractivity contribution in [1.29, 1.82) is 0 Å². The second-order valence-corrected chi connectivity index (χ2v) is 6.05. The van der Waals surface area contributed by atoms with Crippen LogP contribution in [0.15, 0.2) is 59.5 Å². The van der Waals surface area contributed by atoms with Crippen LogP contribution in [0.25, 0.3) is 0 Å². The normalized spacial score (nSPS) is 10.4. The van der Waals surface area contributed by atoms with Crippen molar-refractivity contribution in [1.82, 2.24) is 10.3 Å². The van der Waals surface area contributed by atoms with E-state index in [0.29, 0.717) is 16.5 Å². The van der Waals surface area contributed by atoms with Gasteiger partial charge in [0.15, 0.2) is 0 Å². The third-order valence-electron chi connectivity index (χ3n) is 3.70. The monoisotopic (exact) mass is 369 g/mol. The lowest BCUT2D eigenvalue weighted by Crippen LogP contribution is -2.23. The maximum Gasteiger partial charge on any atom is 0.257 e. The molecule has 2 aromatic heterocycles. The molecule has 0 fully saturated rings. The molecule has 0 saturated heterocycles. The smallest absolute Gasteiger partial charge is 0.257 e. The van der Waals surface area contributed by atoms with Crippen LogP contribution in [0.5, 0.6) is 0 Å². The zero-order valence-corrected chi connectivity index (χ0v) is 14.7. The first-order valence-electron chi connectivity index (χ1n) is 7.86. The Balaban J connectivity index is 1.68. The number of anilines is 1. The Morgan fingerprint density at radius 3 is 2.58 bits per heavy atom. The third-order valence-corrected chi connectivity index (χ3v) is 4.10. The maximum atomic E-state index is 12.4. The summed E-state index contributed by atoms with van der Waals surface area (Å²) in [7, 11) is 0. The van der Waals surface area contributed by atoms with E-state index in [2.05, 4.69) is 15.6 Å². The highest BCUT2D eigenvalue weighted by Gasteiger charge is 2.12. The van der Waals surface area contributed by atoms with Crippen LogP contribution in [-0.4, -0.2) is 16.8 Å². The SMILES string of the molecule is Cc1ccc(NC(=O)c2cncc(C(=O)NCc3ccco3)c2)cc1Cl. The molecule has 1 aromatic carbocycles. The van der Waals surface area contributed by atoms with E-state index < -0.39 is 0 Å². The van der Waals surface area contributed by atoms with Crippen LogP contribution in [0.4, 0.5) is 5.69 Å². The van der Waals surface area contributed by atoms with E-state index in [0.717, 1.165) is 5.56 Å². The first kappa shape index (κ1) is 17.7. The molecule has 2 heterocycles. The molecule has 3 rings (SSSR count).